The van der Waals surface area contributed by atoms with Gasteiger partial charge in [-0.2, -0.15) is 0 Å². The maximum atomic E-state index is 13.7. The van der Waals surface area contributed by atoms with Gasteiger partial charge in [-0.3, -0.25) is 4.79 Å². The van der Waals surface area contributed by atoms with Crippen LogP contribution in [0.1, 0.15) is 67.4 Å². The molecule has 8 rings (SSSR count). The zero-order chi connectivity index (χ0) is 39.7. The van der Waals surface area contributed by atoms with Crippen molar-refractivity contribution >= 4 is 28.0 Å². The van der Waals surface area contributed by atoms with E-state index in [4.69, 9.17) is 9.47 Å². The number of fused-ring (bicyclic) bond motifs is 2. The van der Waals surface area contributed by atoms with Crippen LogP contribution in [0.3, 0.4) is 0 Å². The maximum absolute atomic E-state index is 13.7. The fourth-order valence-electron chi connectivity index (χ4n) is 8.55. The molecule has 10 nitrogen and oxygen atoms in total. The first-order valence-corrected chi connectivity index (χ1v) is 19.9. The van der Waals surface area contributed by atoms with Gasteiger partial charge in [-0.05, 0) is 93.2 Å². The predicted molar refractivity (Wildman–Crippen MR) is 220 cm³/mol. The number of nitrogens with zero attached hydrogens (tertiary/aromatic N) is 3. The quantitative estimate of drug-likeness (QED) is 0.0982. The average molecular weight is 776 g/mol. The summed E-state index contributed by atoms with van der Waals surface area (Å²) in [6.07, 6.45) is 8.67. The van der Waals surface area contributed by atoms with Crippen molar-refractivity contribution in [1.29, 1.82) is 0 Å². The van der Waals surface area contributed by atoms with Crippen molar-refractivity contribution in [1.82, 2.24) is 35.5 Å². The van der Waals surface area contributed by atoms with E-state index >= 15 is 0 Å². The minimum absolute atomic E-state index is 0.0311. The number of aryl methyl sites for hydroxylation is 1. The molecule has 0 radical (unpaired) electrons. The highest BCUT2D eigenvalue weighted by Gasteiger charge is 2.34. The van der Waals surface area contributed by atoms with Gasteiger partial charge >= 0.3 is 0 Å². The molecule has 4 aromatic heterocycles. The van der Waals surface area contributed by atoms with Gasteiger partial charge in [0.15, 0.2) is 0 Å². The zero-order valence-electron chi connectivity index (χ0n) is 33.1. The number of carbonyl (C=O) groups is 1. The largest absolute Gasteiger partial charge is 0.492 e. The molecule has 6 aromatic rings. The topological polar surface area (TPSA) is 120 Å². The number of aromatic nitrogens is 4. The highest BCUT2D eigenvalue weighted by atomic mass is 19.3. The highest BCUT2D eigenvalue weighted by molar-refractivity contribution is 6.00. The number of ether oxygens (including phenoxy) is 2. The number of hydrogen-bond donors (Lipinski definition) is 4. The number of carbonyl (C=O) groups excluding carboxylic acids is 1. The number of halogens is 2. The smallest absolute Gasteiger partial charge is 0.264 e. The van der Waals surface area contributed by atoms with Crippen molar-refractivity contribution < 1.29 is 23.0 Å². The van der Waals surface area contributed by atoms with Crippen molar-refractivity contribution in [2.75, 3.05) is 46.4 Å². The minimum Gasteiger partial charge on any atom is -0.492 e. The lowest BCUT2D eigenvalue weighted by molar-refractivity contribution is 0.0695. The monoisotopic (exact) mass is 775 g/mol. The minimum atomic E-state index is -2.52. The fourth-order valence-corrected chi connectivity index (χ4v) is 8.55. The predicted octanol–water partition coefficient (Wildman–Crippen LogP) is 8.70. The van der Waals surface area contributed by atoms with Crippen LogP contribution in [0.15, 0.2) is 79.4 Å². The molecule has 2 unspecified atom stereocenters. The second-order valence-corrected chi connectivity index (χ2v) is 16.7. The van der Waals surface area contributed by atoms with Crippen LogP contribution in [0.25, 0.3) is 44.3 Å². The van der Waals surface area contributed by atoms with Crippen LogP contribution in [0.2, 0.25) is 0 Å². The SMILES string of the molecule is Cc1cc(-c2c[nH]c3nccc(OCC4(C)CCNC(CN(C)C(=O)c5ccc(-c6c[nH]c7nccc(OCC8(C)CCNCC8)c67)cc5)C4)c23)ccc1C(F)F. The molecule has 2 saturated heterocycles. The third-order valence-electron chi connectivity index (χ3n) is 12.0. The number of aromatic amines is 2. The molecule has 0 aliphatic carbocycles. The number of alkyl halides is 2. The summed E-state index contributed by atoms with van der Waals surface area (Å²) in [6, 6.07) is 16.7. The van der Waals surface area contributed by atoms with Crippen molar-refractivity contribution in [3.8, 4) is 33.8 Å². The van der Waals surface area contributed by atoms with Gasteiger partial charge in [-0.25, -0.2) is 18.7 Å². The Morgan fingerprint density at radius 3 is 2.02 bits per heavy atom. The molecule has 2 aliphatic heterocycles. The van der Waals surface area contributed by atoms with Gasteiger partial charge in [0.25, 0.3) is 12.3 Å². The van der Waals surface area contributed by atoms with Gasteiger partial charge in [0.1, 0.15) is 22.8 Å². The summed E-state index contributed by atoms with van der Waals surface area (Å²) >= 11 is 0. The van der Waals surface area contributed by atoms with Crippen molar-refractivity contribution in [3.05, 3.63) is 96.1 Å². The van der Waals surface area contributed by atoms with E-state index in [0.29, 0.717) is 42.3 Å². The Balaban J connectivity index is 0.911. The zero-order valence-corrected chi connectivity index (χ0v) is 33.1. The summed E-state index contributed by atoms with van der Waals surface area (Å²) in [4.78, 5) is 31.1. The molecule has 1 amide bonds. The normalized spacial score (nSPS) is 19.6. The summed E-state index contributed by atoms with van der Waals surface area (Å²) in [5, 5.41) is 8.83. The standard InChI is InChI=1S/C45H51F2N7O3/c1-28-21-31(9-10-33(28)40(46)47)35-24-53-42-39(35)37(12-17-51-42)57-27-45(3)15-20-49-32(22-45)25-54(4)43(55)30-7-5-29(6-8-30)34-23-52-41-38(34)36(11-16-50-41)56-26-44(2)13-18-48-19-14-44/h5-12,16-17,21,23-24,32,40,48-49H,13-15,18-20,22,25-27H2,1-4H3,(H,50,52)(H,51,53). The molecule has 6 heterocycles. The summed E-state index contributed by atoms with van der Waals surface area (Å²) in [5.41, 5.74) is 6.27. The first-order valence-electron chi connectivity index (χ1n) is 19.9. The third-order valence-corrected chi connectivity index (χ3v) is 12.0. The van der Waals surface area contributed by atoms with Crippen LogP contribution in [0.4, 0.5) is 8.78 Å². The summed E-state index contributed by atoms with van der Waals surface area (Å²) < 4.78 is 39.9. The van der Waals surface area contributed by atoms with E-state index in [1.54, 1.807) is 36.4 Å². The molecular formula is C45H51F2N7O3. The van der Waals surface area contributed by atoms with E-state index in [0.717, 1.165) is 89.7 Å². The highest BCUT2D eigenvalue weighted by Crippen LogP contribution is 2.39. The Labute approximate surface area is 331 Å². The van der Waals surface area contributed by atoms with Crippen LogP contribution in [-0.4, -0.2) is 83.2 Å². The van der Waals surface area contributed by atoms with E-state index in [1.165, 1.54) is 6.07 Å². The van der Waals surface area contributed by atoms with Gasteiger partial charge in [0.2, 0.25) is 0 Å². The number of pyridine rings is 2. The lowest BCUT2D eigenvalue weighted by Gasteiger charge is -2.40. The van der Waals surface area contributed by atoms with Crippen LogP contribution in [0, 0.1) is 17.8 Å². The molecule has 12 heteroatoms. The number of hydrogen-bond acceptors (Lipinski definition) is 7. The molecule has 0 bridgehead atoms. The maximum Gasteiger partial charge on any atom is 0.264 e. The molecule has 0 saturated carbocycles. The van der Waals surface area contributed by atoms with Gasteiger partial charge in [-0.1, -0.05) is 44.2 Å². The van der Waals surface area contributed by atoms with E-state index in [1.807, 2.05) is 55.8 Å². The Kier molecular flexibility index (Phi) is 10.8. The van der Waals surface area contributed by atoms with E-state index in [9.17, 15) is 13.6 Å². The first-order chi connectivity index (χ1) is 27.5. The van der Waals surface area contributed by atoms with Gasteiger partial charge in [0.05, 0.1) is 24.0 Å². The van der Waals surface area contributed by atoms with Crippen LogP contribution >= 0.6 is 0 Å². The van der Waals surface area contributed by atoms with Crippen molar-refractivity contribution in [2.24, 2.45) is 10.8 Å². The fraction of sp³-hybridized carbons (Fsp3) is 0.400. The molecule has 2 fully saturated rings. The van der Waals surface area contributed by atoms with Crippen molar-refractivity contribution in [2.45, 2.75) is 58.9 Å². The summed E-state index contributed by atoms with van der Waals surface area (Å²) in [7, 11) is 1.86. The van der Waals surface area contributed by atoms with Crippen molar-refractivity contribution in [3.63, 3.8) is 0 Å². The lowest BCUT2D eigenvalue weighted by Crippen LogP contribution is -2.50. The first kappa shape index (κ1) is 38.5. The van der Waals surface area contributed by atoms with Crippen LogP contribution in [0.5, 0.6) is 11.5 Å². The third kappa shape index (κ3) is 8.11. The number of likely N-dealkylation sites (N-methyl/N-ethyl adjacent to an activating group) is 1. The number of nitrogens with one attached hydrogen (secondary N) is 4. The van der Waals surface area contributed by atoms with E-state index in [-0.39, 0.29) is 28.3 Å². The molecule has 57 heavy (non-hydrogen) atoms. The number of amides is 1. The molecule has 2 aromatic carbocycles. The lowest BCUT2D eigenvalue weighted by atomic mass is 9.78. The second-order valence-electron chi connectivity index (χ2n) is 16.7. The summed E-state index contributed by atoms with van der Waals surface area (Å²) in [5.74, 6) is 1.47. The molecule has 4 N–H and O–H groups in total. The molecule has 2 aliphatic rings. The molecular weight excluding hydrogens is 725 g/mol. The Bertz CT molecular complexity index is 2370. The van der Waals surface area contributed by atoms with Gasteiger partial charge in [0, 0.05) is 77.5 Å². The Hall–Kier alpha value is -5.33. The second kappa shape index (κ2) is 15.9. The van der Waals surface area contributed by atoms with Crippen LogP contribution < -0.4 is 20.1 Å². The van der Waals surface area contributed by atoms with Gasteiger partial charge in [-0.15, -0.1) is 0 Å². The van der Waals surface area contributed by atoms with Crippen LogP contribution in [-0.2, 0) is 0 Å². The molecule has 298 valence electrons. The number of rotatable bonds is 12. The Morgan fingerprint density at radius 1 is 0.825 bits per heavy atom. The number of H-pyrrole nitrogens is 2. The molecule has 2 atom stereocenters. The average Bonchev–Trinajstić information content (AvgIpc) is 3.85. The van der Waals surface area contributed by atoms with E-state index in [2.05, 4.69) is 44.4 Å². The number of piperidine rings is 2. The Morgan fingerprint density at radius 2 is 1.40 bits per heavy atom. The van der Waals surface area contributed by atoms with E-state index < -0.39 is 6.43 Å². The number of benzene rings is 2. The summed E-state index contributed by atoms with van der Waals surface area (Å²) in [6.45, 7) is 10.7. The van der Waals surface area contributed by atoms with Gasteiger partial charge < -0.3 is 35.0 Å². The molecule has 0 spiro atoms.